The fourth-order valence-corrected chi connectivity index (χ4v) is 3.25. The van der Waals surface area contributed by atoms with E-state index >= 15 is 0 Å². The predicted octanol–water partition coefficient (Wildman–Crippen LogP) is 2.77. The van der Waals surface area contributed by atoms with Gasteiger partial charge in [0.05, 0.1) is 0 Å². The molecule has 1 aromatic heterocycles. The Morgan fingerprint density at radius 2 is 1.85 bits per heavy atom. The van der Waals surface area contributed by atoms with Crippen LogP contribution in [0.25, 0.3) is 0 Å². The Kier molecular flexibility index (Phi) is 4.45. The molecule has 108 valence electrons. The second-order valence-corrected chi connectivity index (χ2v) is 6.85. The van der Waals surface area contributed by atoms with Gasteiger partial charge < -0.3 is 4.57 Å². The van der Waals surface area contributed by atoms with Crippen molar-refractivity contribution in [2.24, 2.45) is 0 Å². The summed E-state index contributed by atoms with van der Waals surface area (Å²) in [6.07, 6.45) is 0.796. The van der Waals surface area contributed by atoms with E-state index in [1.807, 2.05) is 44.2 Å². The topological polar surface area (TPSA) is 64.8 Å². The molecule has 5 nitrogen and oxygen atoms in total. The third-order valence-corrected chi connectivity index (χ3v) is 4.35. The smallest absolute Gasteiger partial charge is 0.296 e. The van der Waals surface area contributed by atoms with Crippen LogP contribution in [0.15, 0.2) is 35.5 Å². The molecule has 0 aliphatic carbocycles. The SMILES string of the molecule is CCC(c1ccccc1)c1nnc(S(=O)(=O)Cl)n1CC. The summed E-state index contributed by atoms with van der Waals surface area (Å²) in [6, 6.07) is 9.83. The lowest BCUT2D eigenvalue weighted by molar-refractivity contribution is 0.564. The molecule has 0 aliphatic rings. The fourth-order valence-electron chi connectivity index (χ4n) is 2.29. The highest BCUT2D eigenvalue weighted by Gasteiger charge is 2.26. The molecule has 0 fully saturated rings. The van der Waals surface area contributed by atoms with Crippen molar-refractivity contribution in [2.45, 2.75) is 37.9 Å². The normalized spacial score (nSPS) is 13.3. The molecule has 0 bridgehead atoms. The zero-order valence-electron chi connectivity index (χ0n) is 11.3. The van der Waals surface area contributed by atoms with E-state index in [9.17, 15) is 8.42 Å². The number of benzene rings is 1. The first kappa shape index (κ1) is 15.0. The van der Waals surface area contributed by atoms with Crippen molar-refractivity contribution in [3.05, 3.63) is 41.7 Å². The van der Waals surface area contributed by atoms with Crippen LogP contribution in [0.3, 0.4) is 0 Å². The van der Waals surface area contributed by atoms with Crippen molar-refractivity contribution < 1.29 is 8.42 Å². The molecule has 1 heterocycles. The molecule has 20 heavy (non-hydrogen) atoms. The lowest BCUT2D eigenvalue weighted by atomic mass is 9.96. The summed E-state index contributed by atoms with van der Waals surface area (Å²) < 4.78 is 24.6. The molecule has 7 heteroatoms. The molecule has 0 N–H and O–H groups in total. The average molecular weight is 314 g/mol. The quantitative estimate of drug-likeness (QED) is 0.796. The van der Waals surface area contributed by atoms with Crippen LogP contribution in [0.4, 0.5) is 0 Å². The summed E-state index contributed by atoms with van der Waals surface area (Å²) in [7, 11) is 1.51. The van der Waals surface area contributed by atoms with Gasteiger partial charge in [0.15, 0.2) is 0 Å². The van der Waals surface area contributed by atoms with Crippen LogP contribution in [-0.2, 0) is 15.6 Å². The maximum absolute atomic E-state index is 11.5. The van der Waals surface area contributed by atoms with Crippen LogP contribution < -0.4 is 0 Å². The standard InChI is InChI=1S/C13H16ClN3O2S/c1-3-11(10-8-6-5-7-9-10)12-15-16-13(17(12)4-2)20(14,18)19/h5-9,11H,3-4H2,1-2H3. The second kappa shape index (κ2) is 5.93. The van der Waals surface area contributed by atoms with Crippen molar-refractivity contribution in [3.8, 4) is 0 Å². The van der Waals surface area contributed by atoms with Crippen LogP contribution in [0.1, 0.15) is 37.6 Å². The lowest BCUT2D eigenvalue weighted by Crippen LogP contribution is -2.12. The van der Waals surface area contributed by atoms with Gasteiger partial charge in [0.1, 0.15) is 5.82 Å². The third-order valence-electron chi connectivity index (χ3n) is 3.20. The van der Waals surface area contributed by atoms with Gasteiger partial charge in [-0.3, -0.25) is 0 Å². The van der Waals surface area contributed by atoms with Gasteiger partial charge in [-0.2, -0.15) is 0 Å². The van der Waals surface area contributed by atoms with E-state index < -0.39 is 9.05 Å². The summed E-state index contributed by atoms with van der Waals surface area (Å²) in [5.74, 6) is 0.622. The molecule has 1 unspecified atom stereocenters. The molecular formula is C13H16ClN3O2S. The molecule has 0 saturated heterocycles. The summed E-state index contributed by atoms with van der Waals surface area (Å²) in [5, 5.41) is 7.61. The number of rotatable bonds is 5. The number of halogens is 1. The molecule has 0 amide bonds. The maximum atomic E-state index is 11.5. The first-order chi connectivity index (χ1) is 9.49. The highest BCUT2D eigenvalue weighted by molar-refractivity contribution is 8.13. The van der Waals surface area contributed by atoms with Gasteiger partial charge in [-0.15, -0.1) is 10.2 Å². The van der Waals surface area contributed by atoms with E-state index in [4.69, 9.17) is 10.7 Å². The van der Waals surface area contributed by atoms with Crippen molar-refractivity contribution in [1.82, 2.24) is 14.8 Å². The highest BCUT2D eigenvalue weighted by atomic mass is 35.7. The van der Waals surface area contributed by atoms with Crippen LogP contribution in [0.5, 0.6) is 0 Å². The third kappa shape index (κ3) is 2.86. The number of hydrogen-bond acceptors (Lipinski definition) is 4. The van der Waals surface area contributed by atoms with Gasteiger partial charge in [0, 0.05) is 23.1 Å². The molecule has 0 saturated carbocycles. The first-order valence-corrected chi connectivity index (χ1v) is 8.72. The summed E-state index contributed by atoms with van der Waals surface area (Å²) in [6.45, 7) is 4.32. The van der Waals surface area contributed by atoms with Crippen molar-refractivity contribution >= 4 is 19.7 Å². The largest absolute Gasteiger partial charge is 0.301 e. The Labute approximate surface area is 123 Å². The maximum Gasteiger partial charge on any atom is 0.296 e. The van der Waals surface area contributed by atoms with Crippen molar-refractivity contribution in [3.63, 3.8) is 0 Å². The van der Waals surface area contributed by atoms with Gasteiger partial charge >= 0.3 is 0 Å². The van der Waals surface area contributed by atoms with E-state index in [0.29, 0.717) is 12.4 Å². The van der Waals surface area contributed by atoms with Crippen molar-refractivity contribution in [1.29, 1.82) is 0 Å². The molecule has 0 spiro atoms. The first-order valence-electron chi connectivity index (χ1n) is 6.41. The van der Waals surface area contributed by atoms with Crippen LogP contribution in [-0.4, -0.2) is 23.2 Å². The summed E-state index contributed by atoms with van der Waals surface area (Å²) >= 11 is 0. The van der Waals surface area contributed by atoms with E-state index in [1.54, 1.807) is 4.57 Å². The molecule has 0 aliphatic heterocycles. The minimum atomic E-state index is -3.89. The molecule has 2 aromatic rings. The Hall–Kier alpha value is -1.40. The fraction of sp³-hybridized carbons (Fsp3) is 0.385. The zero-order valence-corrected chi connectivity index (χ0v) is 12.9. The predicted molar refractivity (Wildman–Crippen MR) is 77.3 cm³/mol. The lowest BCUT2D eigenvalue weighted by Gasteiger charge is -2.15. The van der Waals surface area contributed by atoms with Crippen LogP contribution in [0, 0.1) is 0 Å². The van der Waals surface area contributed by atoms with E-state index in [-0.39, 0.29) is 11.1 Å². The van der Waals surface area contributed by atoms with E-state index in [1.165, 1.54) is 0 Å². The molecule has 2 rings (SSSR count). The Morgan fingerprint density at radius 1 is 1.20 bits per heavy atom. The van der Waals surface area contributed by atoms with Gasteiger partial charge in [0.2, 0.25) is 0 Å². The molecular weight excluding hydrogens is 298 g/mol. The second-order valence-electron chi connectivity index (χ2n) is 4.39. The van der Waals surface area contributed by atoms with E-state index in [0.717, 1.165) is 12.0 Å². The Bertz CT molecular complexity index is 683. The number of nitrogens with zero attached hydrogens (tertiary/aromatic N) is 3. The summed E-state index contributed by atoms with van der Waals surface area (Å²) in [4.78, 5) is 0. The van der Waals surface area contributed by atoms with Crippen molar-refractivity contribution in [2.75, 3.05) is 0 Å². The minimum absolute atomic E-state index is 0.00387. The van der Waals surface area contributed by atoms with Gasteiger partial charge in [-0.25, -0.2) is 8.42 Å². The molecule has 1 aromatic carbocycles. The Balaban J connectivity index is 2.54. The van der Waals surface area contributed by atoms with Gasteiger partial charge in [-0.1, -0.05) is 37.3 Å². The average Bonchev–Trinajstić information content (AvgIpc) is 2.84. The molecule has 0 radical (unpaired) electrons. The number of aromatic nitrogens is 3. The highest BCUT2D eigenvalue weighted by Crippen LogP contribution is 2.28. The van der Waals surface area contributed by atoms with Crippen LogP contribution in [0.2, 0.25) is 0 Å². The van der Waals surface area contributed by atoms with Gasteiger partial charge in [-0.05, 0) is 18.9 Å². The van der Waals surface area contributed by atoms with Gasteiger partial charge in [0.25, 0.3) is 14.2 Å². The van der Waals surface area contributed by atoms with Crippen LogP contribution >= 0.6 is 10.7 Å². The zero-order chi connectivity index (χ0) is 14.8. The van der Waals surface area contributed by atoms with E-state index in [2.05, 4.69) is 10.2 Å². The minimum Gasteiger partial charge on any atom is -0.301 e. The summed E-state index contributed by atoms with van der Waals surface area (Å²) in [5.41, 5.74) is 1.08. The Morgan fingerprint density at radius 3 is 2.35 bits per heavy atom. The number of hydrogen-bond donors (Lipinski definition) is 0. The molecule has 1 atom stereocenters. The monoisotopic (exact) mass is 313 g/mol.